The van der Waals surface area contributed by atoms with E-state index in [1.165, 1.54) is 7.11 Å². The number of esters is 1. The van der Waals surface area contributed by atoms with Crippen LogP contribution in [0.15, 0.2) is 35.4 Å². The normalized spacial score (nSPS) is 21.4. The van der Waals surface area contributed by atoms with Gasteiger partial charge in [-0.2, -0.15) is 10.1 Å². The molecule has 0 fully saturated rings. The van der Waals surface area contributed by atoms with E-state index in [-0.39, 0.29) is 24.0 Å². The highest BCUT2D eigenvalue weighted by atomic mass is 16.5. The van der Waals surface area contributed by atoms with Crippen molar-refractivity contribution in [3.05, 3.63) is 35.9 Å². The topological polar surface area (TPSA) is 79.2 Å². The van der Waals surface area contributed by atoms with Crippen molar-refractivity contribution in [2.24, 2.45) is 11.0 Å². The molecule has 0 radical (unpaired) electrons. The smallest absolute Gasteiger partial charge is 0.354 e. The second-order valence-electron chi connectivity index (χ2n) is 5.20. The fourth-order valence-corrected chi connectivity index (χ4v) is 2.18. The number of benzene rings is 1. The Morgan fingerprint density at radius 1 is 1.33 bits per heavy atom. The summed E-state index contributed by atoms with van der Waals surface area (Å²) in [5.41, 5.74) is -1.13. The molecule has 112 valence electrons. The largest absolute Gasteiger partial charge is 0.464 e. The monoisotopic (exact) mass is 290 g/mol. The molecule has 0 spiro atoms. The standard InChI is InChI=1S/C15H18N2O4/c1-10(2)13(18)17-15(20,11-7-5-4-6-8-11)9-12(16-17)14(19)21-3/h4-8,10,20H,9H2,1-3H3/t15-/m0/s1. The van der Waals surface area contributed by atoms with E-state index in [9.17, 15) is 14.7 Å². The first-order chi connectivity index (χ1) is 9.90. The minimum atomic E-state index is -1.66. The Balaban J connectivity index is 2.45. The van der Waals surface area contributed by atoms with Gasteiger partial charge in [-0.05, 0) is 0 Å². The van der Waals surface area contributed by atoms with Crippen molar-refractivity contribution in [2.45, 2.75) is 26.0 Å². The van der Waals surface area contributed by atoms with Crippen molar-refractivity contribution >= 4 is 17.6 Å². The predicted octanol–water partition coefficient (Wildman–Crippen LogP) is 1.25. The van der Waals surface area contributed by atoms with E-state index < -0.39 is 11.7 Å². The van der Waals surface area contributed by atoms with Gasteiger partial charge < -0.3 is 9.84 Å². The molecule has 1 aliphatic rings. The van der Waals surface area contributed by atoms with Crippen molar-refractivity contribution in [2.75, 3.05) is 7.11 Å². The molecule has 0 saturated carbocycles. The number of ether oxygens (including phenoxy) is 1. The van der Waals surface area contributed by atoms with E-state index in [0.717, 1.165) is 5.01 Å². The van der Waals surface area contributed by atoms with Crippen LogP contribution >= 0.6 is 0 Å². The highest BCUT2D eigenvalue weighted by Crippen LogP contribution is 2.36. The maximum Gasteiger partial charge on any atom is 0.354 e. The SMILES string of the molecule is COC(=O)C1=NN(C(=O)C(C)C)[C@@](O)(c2ccccc2)C1. The molecule has 1 amide bonds. The Morgan fingerprint density at radius 3 is 2.48 bits per heavy atom. The number of nitrogens with zero attached hydrogens (tertiary/aromatic N) is 2. The molecular formula is C15H18N2O4. The van der Waals surface area contributed by atoms with E-state index in [0.29, 0.717) is 5.56 Å². The van der Waals surface area contributed by atoms with Gasteiger partial charge in [0.05, 0.1) is 13.5 Å². The average molecular weight is 290 g/mol. The summed E-state index contributed by atoms with van der Waals surface area (Å²) in [5, 5.41) is 15.9. The molecular weight excluding hydrogens is 272 g/mol. The van der Waals surface area contributed by atoms with Crippen molar-refractivity contribution in [1.82, 2.24) is 5.01 Å². The van der Waals surface area contributed by atoms with Gasteiger partial charge in [-0.1, -0.05) is 44.2 Å². The maximum atomic E-state index is 12.3. The zero-order valence-corrected chi connectivity index (χ0v) is 12.2. The van der Waals surface area contributed by atoms with Crippen LogP contribution < -0.4 is 0 Å². The summed E-state index contributed by atoms with van der Waals surface area (Å²) in [5.74, 6) is -1.37. The van der Waals surface area contributed by atoms with Gasteiger partial charge in [0.1, 0.15) is 0 Å². The molecule has 2 rings (SSSR count). The summed E-state index contributed by atoms with van der Waals surface area (Å²) < 4.78 is 4.63. The summed E-state index contributed by atoms with van der Waals surface area (Å²) in [7, 11) is 1.24. The van der Waals surface area contributed by atoms with Crippen LogP contribution in [0.25, 0.3) is 0 Å². The fourth-order valence-electron chi connectivity index (χ4n) is 2.18. The third kappa shape index (κ3) is 2.67. The molecule has 6 nitrogen and oxygen atoms in total. The average Bonchev–Trinajstić information content (AvgIpc) is 2.85. The molecule has 0 aliphatic carbocycles. The number of hydrazone groups is 1. The minimum absolute atomic E-state index is 0.0258. The Morgan fingerprint density at radius 2 is 1.95 bits per heavy atom. The molecule has 0 unspecified atom stereocenters. The first-order valence-electron chi connectivity index (χ1n) is 6.68. The van der Waals surface area contributed by atoms with Crippen LogP contribution in [0, 0.1) is 5.92 Å². The molecule has 1 aromatic rings. The number of amides is 1. The summed E-state index contributed by atoms with van der Waals surface area (Å²) >= 11 is 0. The van der Waals surface area contributed by atoms with E-state index >= 15 is 0 Å². The molecule has 6 heteroatoms. The quantitative estimate of drug-likeness (QED) is 0.850. The van der Waals surface area contributed by atoms with Crippen LogP contribution in [0.2, 0.25) is 0 Å². The maximum absolute atomic E-state index is 12.3. The zero-order valence-electron chi connectivity index (χ0n) is 12.2. The highest BCUT2D eigenvalue weighted by molar-refractivity contribution is 6.37. The Kier molecular flexibility index (Phi) is 4.09. The molecule has 0 bridgehead atoms. The van der Waals surface area contributed by atoms with Gasteiger partial charge in [0.25, 0.3) is 0 Å². The fraction of sp³-hybridized carbons (Fsp3) is 0.400. The van der Waals surface area contributed by atoms with Gasteiger partial charge in [0.2, 0.25) is 5.91 Å². The second-order valence-corrected chi connectivity index (χ2v) is 5.20. The van der Waals surface area contributed by atoms with Crippen LogP contribution in [0.1, 0.15) is 25.8 Å². The van der Waals surface area contributed by atoms with Crippen LogP contribution in [-0.4, -0.2) is 34.8 Å². The molecule has 1 atom stereocenters. The third-order valence-electron chi connectivity index (χ3n) is 3.34. The molecule has 21 heavy (non-hydrogen) atoms. The predicted molar refractivity (Wildman–Crippen MR) is 76.1 cm³/mol. The lowest BCUT2D eigenvalue weighted by atomic mass is 9.96. The van der Waals surface area contributed by atoms with Crippen LogP contribution in [0.3, 0.4) is 0 Å². The lowest BCUT2D eigenvalue weighted by Crippen LogP contribution is -2.45. The first-order valence-corrected chi connectivity index (χ1v) is 6.68. The molecule has 0 saturated heterocycles. The van der Waals surface area contributed by atoms with E-state index in [2.05, 4.69) is 9.84 Å². The van der Waals surface area contributed by atoms with Gasteiger partial charge >= 0.3 is 5.97 Å². The van der Waals surface area contributed by atoms with Crippen molar-refractivity contribution in [3.63, 3.8) is 0 Å². The Bertz CT molecular complexity index is 583. The van der Waals surface area contributed by atoms with Crippen molar-refractivity contribution in [3.8, 4) is 0 Å². The van der Waals surface area contributed by atoms with E-state index in [1.54, 1.807) is 44.2 Å². The zero-order chi connectivity index (χ0) is 15.6. The van der Waals surface area contributed by atoms with Crippen molar-refractivity contribution in [1.29, 1.82) is 0 Å². The summed E-state index contributed by atoms with van der Waals surface area (Å²) in [6.07, 6.45) is -0.0951. The molecule has 1 aromatic carbocycles. The summed E-state index contributed by atoms with van der Waals surface area (Å²) in [6, 6.07) is 8.69. The number of rotatable bonds is 3. The van der Waals surface area contributed by atoms with Crippen LogP contribution in [0.5, 0.6) is 0 Å². The number of carbonyl (C=O) groups excluding carboxylic acids is 2. The van der Waals surface area contributed by atoms with E-state index in [4.69, 9.17) is 0 Å². The number of aliphatic hydroxyl groups is 1. The lowest BCUT2D eigenvalue weighted by molar-refractivity contribution is -0.161. The molecule has 1 heterocycles. The van der Waals surface area contributed by atoms with Crippen LogP contribution in [-0.2, 0) is 20.1 Å². The molecule has 1 aliphatic heterocycles. The second kappa shape index (κ2) is 5.65. The highest BCUT2D eigenvalue weighted by Gasteiger charge is 2.48. The lowest BCUT2D eigenvalue weighted by Gasteiger charge is -2.32. The Labute approximate surface area is 123 Å². The van der Waals surface area contributed by atoms with Gasteiger partial charge in [-0.3, -0.25) is 4.79 Å². The number of hydrogen-bond donors (Lipinski definition) is 1. The number of hydrogen-bond acceptors (Lipinski definition) is 5. The van der Waals surface area contributed by atoms with Gasteiger partial charge in [0, 0.05) is 11.5 Å². The van der Waals surface area contributed by atoms with Gasteiger partial charge in [0.15, 0.2) is 11.4 Å². The number of carbonyl (C=O) groups is 2. The van der Waals surface area contributed by atoms with Gasteiger partial charge in [-0.15, -0.1) is 0 Å². The summed E-state index contributed by atoms with van der Waals surface area (Å²) in [4.78, 5) is 24.0. The molecule has 0 aromatic heterocycles. The van der Waals surface area contributed by atoms with Gasteiger partial charge in [-0.25, -0.2) is 4.79 Å². The molecule has 1 N–H and O–H groups in total. The van der Waals surface area contributed by atoms with Crippen molar-refractivity contribution < 1.29 is 19.4 Å². The first kappa shape index (κ1) is 15.2. The van der Waals surface area contributed by atoms with Crippen LogP contribution in [0.4, 0.5) is 0 Å². The Hall–Kier alpha value is -2.21. The minimum Gasteiger partial charge on any atom is -0.464 e. The summed E-state index contributed by atoms with van der Waals surface area (Å²) in [6.45, 7) is 3.42. The van der Waals surface area contributed by atoms with E-state index in [1.807, 2.05) is 0 Å². The third-order valence-corrected chi connectivity index (χ3v) is 3.34. The number of methoxy groups -OCH3 is 1.